The summed E-state index contributed by atoms with van der Waals surface area (Å²) >= 11 is 0. The smallest absolute Gasteiger partial charge is 0.306 e. The highest BCUT2D eigenvalue weighted by molar-refractivity contribution is 7.92. The molecule has 1 N–H and O–H groups in total. The topological polar surface area (TPSA) is 122 Å². The van der Waals surface area contributed by atoms with E-state index in [1.54, 1.807) is 20.1 Å². The number of halogens is 6. The summed E-state index contributed by atoms with van der Waals surface area (Å²) in [7, 11) is -0.749. The molecule has 240 valence electrons. The molecule has 17 heteroatoms. The number of nitrogens with zero attached hydrogens (tertiary/aromatic N) is 6. The molecule has 0 radical (unpaired) electrons. The molecule has 0 unspecified atom stereocenters. The van der Waals surface area contributed by atoms with Crippen molar-refractivity contribution in [1.82, 2.24) is 24.4 Å². The maximum absolute atomic E-state index is 15.2. The first-order chi connectivity index (χ1) is 20.5. The molecule has 4 rings (SSSR count). The number of anilines is 1. The fourth-order valence-corrected chi connectivity index (χ4v) is 6.08. The summed E-state index contributed by atoms with van der Waals surface area (Å²) in [5.74, 6) is -6.73. The Balaban J connectivity index is 1.70. The van der Waals surface area contributed by atoms with Crippen molar-refractivity contribution in [2.75, 3.05) is 24.6 Å². The van der Waals surface area contributed by atoms with Gasteiger partial charge in [0.15, 0.2) is 17.3 Å². The van der Waals surface area contributed by atoms with Gasteiger partial charge in [-0.05, 0) is 59.5 Å². The maximum Gasteiger partial charge on any atom is 0.390 e. The van der Waals surface area contributed by atoms with Gasteiger partial charge in [0.2, 0.25) is 10.0 Å². The summed E-state index contributed by atoms with van der Waals surface area (Å²) < 4.78 is 109. The molecule has 1 aromatic carbocycles. The third-order valence-corrected chi connectivity index (χ3v) is 8.60. The highest BCUT2D eigenvalue weighted by atomic mass is 32.2. The number of alkyl halides is 3. The number of rotatable bonds is 9. The number of hydrogen-bond acceptors (Lipinski definition) is 8. The van der Waals surface area contributed by atoms with Crippen molar-refractivity contribution >= 4 is 39.0 Å². The minimum absolute atomic E-state index is 0.0162. The van der Waals surface area contributed by atoms with Crippen LogP contribution in [0.15, 0.2) is 22.1 Å². The second-order valence-electron chi connectivity index (χ2n) is 11.1. The van der Waals surface area contributed by atoms with Crippen LogP contribution in [-0.2, 0) is 10.0 Å². The van der Waals surface area contributed by atoms with Crippen molar-refractivity contribution in [3.63, 3.8) is 0 Å². The van der Waals surface area contributed by atoms with Gasteiger partial charge in [-0.3, -0.25) is 14.1 Å². The van der Waals surface area contributed by atoms with Crippen LogP contribution < -0.4 is 10.3 Å². The lowest BCUT2D eigenvalue weighted by Gasteiger charge is -2.31. The van der Waals surface area contributed by atoms with Gasteiger partial charge in [0.25, 0.3) is 11.5 Å². The number of benzene rings is 1. The predicted molar refractivity (Wildman–Crippen MR) is 153 cm³/mol. The van der Waals surface area contributed by atoms with Gasteiger partial charge in [-0.25, -0.2) is 36.5 Å². The van der Waals surface area contributed by atoms with E-state index < -0.39 is 74.4 Å². The minimum Gasteiger partial charge on any atom is -0.306 e. The molecule has 2 heterocycles. The lowest BCUT2D eigenvalue weighted by atomic mass is 9.86. The molecule has 3 aromatic rings. The van der Waals surface area contributed by atoms with E-state index in [1.807, 2.05) is 14.1 Å². The van der Waals surface area contributed by atoms with E-state index in [0.717, 1.165) is 30.3 Å². The zero-order valence-electron chi connectivity index (χ0n) is 24.3. The van der Waals surface area contributed by atoms with Crippen molar-refractivity contribution in [1.29, 1.82) is 0 Å². The minimum atomic E-state index is -4.84. The summed E-state index contributed by atoms with van der Waals surface area (Å²) in [4.78, 5) is 32.5. The van der Waals surface area contributed by atoms with Crippen molar-refractivity contribution < 1.29 is 34.8 Å². The van der Waals surface area contributed by atoms with Crippen LogP contribution >= 0.6 is 0 Å². The van der Waals surface area contributed by atoms with E-state index in [-0.39, 0.29) is 29.1 Å². The molecular formula is C27H31F6N7O3S. The fourth-order valence-electron chi connectivity index (χ4n) is 4.99. The summed E-state index contributed by atoms with van der Waals surface area (Å²) in [5.41, 5.74) is -4.38. The molecule has 0 aliphatic heterocycles. The van der Waals surface area contributed by atoms with Crippen LogP contribution in [0.3, 0.4) is 0 Å². The lowest BCUT2D eigenvalue weighted by Crippen LogP contribution is -2.32. The molecule has 1 saturated carbocycles. The normalized spacial score (nSPS) is 18.2. The maximum atomic E-state index is 15.2. The lowest BCUT2D eigenvalue weighted by molar-refractivity contribution is -0.129. The van der Waals surface area contributed by atoms with Crippen LogP contribution in [0.5, 0.6) is 0 Å². The van der Waals surface area contributed by atoms with Crippen molar-refractivity contribution in [2.45, 2.75) is 64.2 Å². The van der Waals surface area contributed by atoms with Crippen molar-refractivity contribution in [3.8, 4) is 11.3 Å². The van der Waals surface area contributed by atoms with E-state index in [9.17, 15) is 30.8 Å². The largest absolute Gasteiger partial charge is 0.390 e. The van der Waals surface area contributed by atoms with Gasteiger partial charge in [-0.1, -0.05) is 0 Å². The van der Waals surface area contributed by atoms with Gasteiger partial charge >= 0.3 is 6.18 Å². The first-order valence-corrected chi connectivity index (χ1v) is 15.4. The molecule has 2 aromatic heterocycles. The zero-order valence-corrected chi connectivity index (χ0v) is 25.1. The number of nitrogens with one attached hydrogen (secondary N) is 1. The number of sulfonamides is 1. The molecular weight excluding hydrogens is 616 g/mol. The Morgan fingerprint density at radius 3 is 2.36 bits per heavy atom. The Morgan fingerprint density at radius 2 is 1.77 bits per heavy atom. The second kappa shape index (κ2) is 12.8. The molecule has 0 spiro atoms. The number of aromatic nitrogens is 4. The standard InChI is InChI=1S/C27H31F6N7O3S/c1-14(2)40-24-19(13-35-26(37-24)34-12-15-5-7-16(8-6-15)39(3)4)36-23(25(40)41)20-17(28)11-18(21(29)22(20)30)38-44(42,43)10-9-27(31,32)33/h11-16,38H,5-10H2,1-4H3. The number of hydrogen-bond donors (Lipinski definition) is 1. The Morgan fingerprint density at radius 1 is 1.11 bits per heavy atom. The fraction of sp³-hybridized carbons (Fsp3) is 0.519. The van der Waals surface area contributed by atoms with Gasteiger partial charge in [0.1, 0.15) is 17.0 Å². The predicted octanol–water partition coefficient (Wildman–Crippen LogP) is 5.37. The Labute approximate surface area is 249 Å². The summed E-state index contributed by atoms with van der Waals surface area (Å²) in [6.45, 7) is 3.20. The summed E-state index contributed by atoms with van der Waals surface area (Å²) in [6, 6.07) is 0.115. The molecule has 0 amide bonds. The average molecular weight is 648 g/mol. The second-order valence-corrected chi connectivity index (χ2v) is 13.0. The van der Waals surface area contributed by atoms with Crippen molar-refractivity contribution in [2.24, 2.45) is 10.9 Å². The first kappa shape index (κ1) is 33.3. The molecule has 1 aliphatic rings. The molecule has 10 nitrogen and oxygen atoms in total. The van der Waals surface area contributed by atoms with Crippen LogP contribution in [0, 0.1) is 23.4 Å². The Kier molecular flexibility index (Phi) is 9.68. The Hall–Kier alpha value is -3.60. The number of fused-ring (bicyclic) bond motifs is 1. The van der Waals surface area contributed by atoms with Crippen LogP contribution in [0.25, 0.3) is 22.4 Å². The van der Waals surface area contributed by atoms with Gasteiger partial charge in [-0.2, -0.15) is 18.2 Å². The summed E-state index contributed by atoms with van der Waals surface area (Å²) in [5, 5.41) is 0. The molecule has 0 atom stereocenters. The quantitative estimate of drug-likeness (QED) is 0.188. The van der Waals surface area contributed by atoms with Gasteiger partial charge in [0.05, 0.1) is 29.6 Å². The summed E-state index contributed by atoms with van der Waals surface area (Å²) in [6.07, 6.45) is 0.255. The molecule has 0 bridgehead atoms. The van der Waals surface area contributed by atoms with Crippen LogP contribution in [-0.4, -0.2) is 71.1 Å². The van der Waals surface area contributed by atoms with Gasteiger partial charge in [-0.15, -0.1) is 0 Å². The first-order valence-electron chi connectivity index (χ1n) is 13.7. The molecule has 1 fully saturated rings. The van der Waals surface area contributed by atoms with E-state index in [0.29, 0.717) is 6.04 Å². The van der Waals surface area contributed by atoms with E-state index in [4.69, 9.17) is 0 Å². The van der Waals surface area contributed by atoms with Crippen molar-refractivity contribution in [3.05, 3.63) is 40.1 Å². The molecule has 0 saturated heterocycles. The monoisotopic (exact) mass is 647 g/mol. The van der Waals surface area contributed by atoms with E-state index in [2.05, 4.69) is 24.8 Å². The third kappa shape index (κ3) is 7.54. The SMILES string of the molecule is CC(C)n1c(=O)c(-c2c(F)cc(NS(=O)(=O)CCC(F)(F)F)c(F)c2F)nc2cnc(N=CC3CCC(N(C)C)CC3)nc21. The van der Waals surface area contributed by atoms with E-state index >= 15 is 8.78 Å². The van der Waals surface area contributed by atoms with Gasteiger partial charge in [0, 0.05) is 24.4 Å². The van der Waals surface area contributed by atoms with E-state index in [1.165, 1.54) is 10.9 Å². The third-order valence-electron chi connectivity index (χ3n) is 7.32. The highest BCUT2D eigenvalue weighted by Crippen LogP contribution is 2.32. The highest BCUT2D eigenvalue weighted by Gasteiger charge is 2.32. The molecule has 1 aliphatic carbocycles. The van der Waals surface area contributed by atoms with Crippen LogP contribution in [0.4, 0.5) is 38.0 Å². The zero-order chi connectivity index (χ0) is 32.6. The number of aliphatic imine (C=N–C) groups is 1. The Bertz CT molecular complexity index is 1730. The molecule has 44 heavy (non-hydrogen) atoms. The van der Waals surface area contributed by atoms with Crippen LogP contribution in [0.1, 0.15) is 52.0 Å². The van der Waals surface area contributed by atoms with Gasteiger partial charge < -0.3 is 4.90 Å². The van der Waals surface area contributed by atoms with Crippen LogP contribution in [0.2, 0.25) is 0 Å². The average Bonchev–Trinajstić information content (AvgIpc) is 2.93.